The summed E-state index contributed by atoms with van der Waals surface area (Å²) < 4.78 is 13.0. The van der Waals surface area contributed by atoms with E-state index in [0.717, 1.165) is 93.1 Å². The number of amides is 4. The van der Waals surface area contributed by atoms with Gasteiger partial charge in [-0.3, -0.25) is 19.2 Å². The van der Waals surface area contributed by atoms with Gasteiger partial charge in [-0.15, -0.1) is 0 Å². The fourth-order valence-corrected chi connectivity index (χ4v) is 10.0. The third-order valence-electron chi connectivity index (χ3n) is 13.2. The molecule has 0 bridgehead atoms. The van der Waals surface area contributed by atoms with Crippen LogP contribution in [0.5, 0.6) is 11.5 Å². The average molecular weight is 887 g/mol. The molecule has 6 aromatic rings. The van der Waals surface area contributed by atoms with E-state index in [4.69, 9.17) is 19.4 Å². The Kier molecular flexibility index (Phi) is 11.9. The number of benzene rings is 4. The van der Waals surface area contributed by atoms with Crippen LogP contribution >= 0.6 is 0 Å². The van der Waals surface area contributed by atoms with Gasteiger partial charge >= 0.3 is 0 Å². The quantitative estimate of drug-likeness (QED) is 0.0842. The van der Waals surface area contributed by atoms with Crippen molar-refractivity contribution in [3.63, 3.8) is 0 Å². The smallest absolute Gasteiger partial charge is 0.250 e. The number of imidazole rings is 2. The van der Waals surface area contributed by atoms with E-state index in [-0.39, 0.29) is 35.7 Å². The van der Waals surface area contributed by atoms with E-state index in [9.17, 15) is 19.2 Å². The first-order valence-corrected chi connectivity index (χ1v) is 23.3. The van der Waals surface area contributed by atoms with Crippen LogP contribution in [0, 0.1) is 0 Å². The minimum absolute atomic E-state index is 0.143. The van der Waals surface area contributed by atoms with Crippen molar-refractivity contribution >= 4 is 23.6 Å². The van der Waals surface area contributed by atoms with Gasteiger partial charge < -0.3 is 39.9 Å². The fourth-order valence-electron chi connectivity index (χ4n) is 10.0. The molecule has 2 aromatic heterocycles. The molecule has 0 aliphatic carbocycles. The van der Waals surface area contributed by atoms with Crippen LogP contribution < -0.4 is 20.1 Å². The highest BCUT2D eigenvalue weighted by Gasteiger charge is 2.39. The molecule has 4 aromatic carbocycles. The lowest BCUT2D eigenvalue weighted by molar-refractivity contribution is -0.137. The van der Waals surface area contributed by atoms with Crippen molar-refractivity contribution in [1.29, 1.82) is 0 Å². The number of H-pyrrole nitrogens is 2. The molecule has 0 unspecified atom stereocenters. The second kappa shape index (κ2) is 18.3. The SMILES string of the molecule is CCCC(=O)N[C@@H](C(=O)N1CCC[C@H]1c1ncc(-c2cc3c4c(c2)OCc2cc(-c5cnc([C@@H]6CCCN6C(=O)[C@H](NC(=O)CCC)c6ccccc6)[nH]5)cc(c2-4)OC3)[nH]1)c1ccccc1. The minimum atomic E-state index is -0.779. The van der Waals surface area contributed by atoms with Crippen LogP contribution in [0.2, 0.25) is 0 Å². The van der Waals surface area contributed by atoms with E-state index in [1.54, 1.807) is 0 Å². The summed E-state index contributed by atoms with van der Waals surface area (Å²) in [6.07, 6.45) is 8.88. The molecule has 338 valence electrons. The Balaban J connectivity index is 0.872. The number of nitrogens with one attached hydrogen (secondary N) is 4. The normalized spacial score (nSPS) is 17.9. The molecular weight excluding hydrogens is 833 g/mol. The van der Waals surface area contributed by atoms with Crippen molar-refractivity contribution < 1.29 is 28.7 Å². The van der Waals surface area contributed by atoms with Crippen molar-refractivity contribution in [3.05, 3.63) is 131 Å². The van der Waals surface area contributed by atoms with E-state index < -0.39 is 12.1 Å². The van der Waals surface area contributed by atoms with Gasteiger partial charge in [-0.1, -0.05) is 74.5 Å². The number of ether oxygens (including phenoxy) is 2. The van der Waals surface area contributed by atoms with Gasteiger partial charge in [0.05, 0.1) is 35.9 Å². The molecule has 6 heterocycles. The molecule has 4 amide bonds. The molecule has 2 saturated heterocycles. The van der Waals surface area contributed by atoms with Gasteiger partial charge in [0.2, 0.25) is 23.6 Å². The zero-order valence-corrected chi connectivity index (χ0v) is 37.3. The maximum absolute atomic E-state index is 14.2. The Bertz CT molecular complexity index is 2550. The molecular formula is C52H54N8O6. The Morgan fingerprint density at radius 2 is 1.06 bits per heavy atom. The number of likely N-dealkylation sites (tertiary alicyclic amines) is 2. The summed E-state index contributed by atoms with van der Waals surface area (Å²) in [7, 11) is 0. The highest BCUT2D eigenvalue weighted by molar-refractivity contribution is 5.91. The Labute approximate surface area is 383 Å². The second-order valence-electron chi connectivity index (χ2n) is 17.7. The molecule has 4 atom stereocenters. The predicted molar refractivity (Wildman–Crippen MR) is 248 cm³/mol. The van der Waals surface area contributed by atoms with Gasteiger partial charge in [0.1, 0.15) is 48.4 Å². The van der Waals surface area contributed by atoms with Gasteiger partial charge in [-0.05, 0) is 73.9 Å². The summed E-state index contributed by atoms with van der Waals surface area (Å²) in [5, 5.41) is 5.99. The lowest BCUT2D eigenvalue weighted by atomic mass is 9.87. The first kappa shape index (κ1) is 42.7. The summed E-state index contributed by atoms with van der Waals surface area (Å²) in [4.78, 5) is 74.3. The predicted octanol–water partition coefficient (Wildman–Crippen LogP) is 8.56. The van der Waals surface area contributed by atoms with Gasteiger partial charge in [0.25, 0.3) is 0 Å². The van der Waals surface area contributed by atoms with Crippen molar-refractivity contribution in [2.75, 3.05) is 13.1 Å². The topological polar surface area (TPSA) is 175 Å². The zero-order chi connectivity index (χ0) is 45.3. The van der Waals surface area contributed by atoms with Crippen molar-refractivity contribution in [3.8, 4) is 45.1 Å². The molecule has 4 N–H and O–H groups in total. The van der Waals surface area contributed by atoms with Crippen LogP contribution in [0.15, 0.2) is 97.3 Å². The van der Waals surface area contributed by atoms with Gasteiger partial charge in [-0.2, -0.15) is 0 Å². The van der Waals surface area contributed by atoms with E-state index in [1.165, 1.54) is 0 Å². The third-order valence-corrected chi connectivity index (χ3v) is 13.2. The van der Waals surface area contributed by atoms with Crippen LogP contribution in [0.3, 0.4) is 0 Å². The molecule has 0 saturated carbocycles. The summed E-state index contributed by atoms with van der Waals surface area (Å²) >= 11 is 0. The fraction of sp³-hybridized carbons (Fsp3) is 0.346. The molecule has 2 fully saturated rings. The van der Waals surface area contributed by atoms with Crippen LogP contribution in [-0.4, -0.2) is 66.5 Å². The van der Waals surface area contributed by atoms with Crippen LogP contribution in [0.25, 0.3) is 33.6 Å². The average Bonchev–Trinajstić information content (AvgIpc) is 4.20. The number of aromatic nitrogens is 4. The van der Waals surface area contributed by atoms with Gasteiger partial charge in [0.15, 0.2) is 0 Å². The zero-order valence-electron chi connectivity index (χ0n) is 37.3. The molecule has 4 aliphatic rings. The van der Waals surface area contributed by atoms with E-state index in [1.807, 2.05) is 109 Å². The van der Waals surface area contributed by atoms with Gasteiger partial charge in [0, 0.05) is 59.3 Å². The van der Waals surface area contributed by atoms with Gasteiger partial charge in [-0.25, -0.2) is 9.97 Å². The van der Waals surface area contributed by atoms with Crippen molar-refractivity contribution in [2.24, 2.45) is 0 Å². The van der Waals surface area contributed by atoms with Crippen LogP contribution in [0.4, 0.5) is 0 Å². The maximum Gasteiger partial charge on any atom is 0.250 e. The number of hydrogen-bond donors (Lipinski definition) is 4. The lowest BCUT2D eigenvalue weighted by Crippen LogP contribution is -2.42. The summed E-state index contributed by atoms with van der Waals surface area (Å²) in [5.74, 6) is 2.36. The molecule has 0 radical (unpaired) electrons. The van der Waals surface area contributed by atoms with E-state index in [0.29, 0.717) is 63.6 Å². The first-order chi connectivity index (χ1) is 32.3. The largest absolute Gasteiger partial charge is 0.488 e. The minimum Gasteiger partial charge on any atom is -0.488 e. The Hall–Kier alpha value is -7.22. The molecule has 4 aliphatic heterocycles. The molecule has 66 heavy (non-hydrogen) atoms. The first-order valence-electron chi connectivity index (χ1n) is 23.3. The monoisotopic (exact) mass is 886 g/mol. The summed E-state index contributed by atoms with van der Waals surface area (Å²) in [6, 6.07) is 25.1. The van der Waals surface area contributed by atoms with Crippen molar-refractivity contribution in [2.45, 2.75) is 103 Å². The van der Waals surface area contributed by atoms with E-state index >= 15 is 0 Å². The van der Waals surface area contributed by atoms with E-state index in [2.05, 4.69) is 32.7 Å². The lowest BCUT2D eigenvalue weighted by Gasteiger charge is -2.30. The maximum atomic E-state index is 14.2. The summed E-state index contributed by atoms with van der Waals surface area (Å²) in [5.41, 5.74) is 8.97. The number of aromatic amines is 2. The Morgan fingerprint density at radius 3 is 1.47 bits per heavy atom. The Morgan fingerprint density at radius 1 is 0.636 bits per heavy atom. The molecule has 14 nitrogen and oxygen atoms in total. The number of carbonyl (C=O) groups is 4. The third kappa shape index (κ3) is 8.20. The summed E-state index contributed by atoms with van der Waals surface area (Å²) in [6.45, 7) is 5.73. The second-order valence-corrected chi connectivity index (χ2v) is 17.7. The number of nitrogens with zero attached hydrogens (tertiary/aromatic N) is 4. The standard InChI is InChI=1S/C52H54N8O6/c1-3-13-43(61)57-47(31-15-7-5-8-16-31)51(63)59-21-11-19-39(59)49-53-27-37(55-49)33-23-35-29-66-42-26-34(24-36-30-65-41(25-33)45(35)46(36)42)38-28-54-50(56-38)40-20-12-22-60(40)52(64)48(58-44(62)14-4-2)32-17-9-6-10-18-32/h5-10,15-18,23-28,39-40,47-48H,3-4,11-14,19-22,29-30H2,1-2H3,(H,53,55)(H,54,56)(H,57,61)(H,58,62)/t39-,40-,47+,48+/m0/s1. The van der Waals surface area contributed by atoms with Crippen LogP contribution in [0.1, 0.15) is 123 Å². The number of rotatable bonds is 14. The number of carbonyl (C=O) groups excluding carboxylic acids is 4. The molecule has 0 spiro atoms. The highest BCUT2D eigenvalue weighted by atomic mass is 16.5. The van der Waals surface area contributed by atoms with Crippen LogP contribution in [-0.2, 0) is 32.4 Å². The molecule has 10 rings (SSSR count). The highest BCUT2D eigenvalue weighted by Crippen LogP contribution is 2.51. The van der Waals surface area contributed by atoms with Crippen molar-refractivity contribution in [1.82, 2.24) is 40.4 Å². The number of hydrogen-bond acceptors (Lipinski definition) is 8. The molecule has 14 heteroatoms.